The first kappa shape index (κ1) is 28.7. The van der Waals surface area contributed by atoms with E-state index in [1.165, 1.54) is 4.90 Å². The monoisotopic (exact) mass is 569 g/mol. The molecule has 1 amide bonds. The Morgan fingerprint density at radius 2 is 1.83 bits per heavy atom. The van der Waals surface area contributed by atoms with Crippen LogP contribution >= 0.6 is 0 Å². The van der Waals surface area contributed by atoms with Crippen LogP contribution in [-0.4, -0.2) is 109 Å². The van der Waals surface area contributed by atoms with Crippen molar-refractivity contribution in [1.29, 1.82) is 0 Å². The van der Waals surface area contributed by atoms with Crippen molar-refractivity contribution < 1.29 is 34.4 Å². The minimum absolute atomic E-state index is 0.0180. The number of hydrogen-bond acceptors (Lipinski definition) is 12. The van der Waals surface area contributed by atoms with E-state index in [-0.39, 0.29) is 29.7 Å². The maximum atomic E-state index is 14.3. The van der Waals surface area contributed by atoms with E-state index < -0.39 is 58.0 Å². The Bertz CT molecular complexity index is 1410. The van der Waals surface area contributed by atoms with Gasteiger partial charge in [-0.1, -0.05) is 0 Å². The minimum atomic E-state index is -2.55. The van der Waals surface area contributed by atoms with E-state index in [0.717, 1.165) is 5.69 Å². The van der Waals surface area contributed by atoms with Crippen LogP contribution in [0, 0.1) is 16.7 Å². The molecule has 1 saturated carbocycles. The second kappa shape index (κ2) is 10.2. The summed E-state index contributed by atoms with van der Waals surface area (Å²) in [5.74, 6) is -6.69. The highest BCUT2D eigenvalue weighted by atomic mass is 16.5. The molecule has 2 fully saturated rings. The number of primary amides is 1. The predicted molar refractivity (Wildman–Crippen MR) is 148 cm³/mol. The standard InChI is InChI=1S/C28H35N5O8/c1-31(2)17-11-14(12-33-5-7-41-8-6-33)22(34)19-15(17)9-13-10-16-21(32(3)4)24(36)20(27(29)39)26(38)28(16,30-40)25(37)18(13)23(19)35/h11,13,16,21,34-35,38H,5-10,12H2,1-4H3,(H2,29,39)/t13-,16-,21-,28-/m0/s1. The molecule has 0 bridgehead atoms. The fraction of sp³-hybridized carbons (Fsp3) is 0.536. The van der Waals surface area contributed by atoms with Gasteiger partial charge in [0.1, 0.15) is 22.8 Å². The van der Waals surface area contributed by atoms with E-state index in [1.54, 1.807) is 14.1 Å². The minimum Gasteiger partial charge on any atom is -0.508 e. The number of nitroso groups, excluding NO2 is 1. The second-order valence-electron chi connectivity index (χ2n) is 11.6. The highest BCUT2D eigenvalue weighted by Crippen LogP contribution is 2.55. The Labute approximate surface area is 236 Å². The van der Waals surface area contributed by atoms with Crippen LogP contribution in [0.15, 0.2) is 28.1 Å². The molecule has 1 saturated heterocycles. The Morgan fingerprint density at radius 3 is 2.39 bits per heavy atom. The number of rotatable bonds is 6. The van der Waals surface area contributed by atoms with Crippen molar-refractivity contribution in [2.75, 3.05) is 59.4 Å². The number of carbonyl (C=O) groups excluding carboxylic acids is 3. The molecule has 0 radical (unpaired) electrons. The van der Waals surface area contributed by atoms with Gasteiger partial charge in [0.25, 0.3) is 5.91 Å². The van der Waals surface area contributed by atoms with Crippen molar-refractivity contribution in [2.45, 2.75) is 31.0 Å². The van der Waals surface area contributed by atoms with E-state index in [9.17, 15) is 34.6 Å². The number of aromatic hydroxyl groups is 1. The van der Waals surface area contributed by atoms with Gasteiger partial charge in [0.15, 0.2) is 5.78 Å². The van der Waals surface area contributed by atoms with Crippen LogP contribution in [0.4, 0.5) is 5.69 Å². The van der Waals surface area contributed by atoms with Crippen LogP contribution in [0.25, 0.3) is 5.76 Å². The third-order valence-corrected chi connectivity index (χ3v) is 8.90. The van der Waals surface area contributed by atoms with Crippen LogP contribution < -0.4 is 10.6 Å². The number of morpholine rings is 1. The summed E-state index contributed by atoms with van der Waals surface area (Å²) in [5, 5.41) is 37.3. The number of nitrogens with two attached hydrogens (primary N) is 1. The molecule has 220 valence electrons. The molecule has 41 heavy (non-hydrogen) atoms. The molecule has 0 unspecified atom stereocenters. The summed E-state index contributed by atoms with van der Waals surface area (Å²) in [6, 6.07) is 0.711. The number of aliphatic hydroxyl groups is 2. The molecule has 1 aromatic carbocycles. The van der Waals surface area contributed by atoms with Crippen LogP contribution in [0.2, 0.25) is 0 Å². The second-order valence-corrected chi connectivity index (χ2v) is 11.6. The third-order valence-electron chi connectivity index (χ3n) is 8.90. The summed E-state index contributed by atoms with van der Waals surface area (Å²) < 4.78 is 5.42. The molecule has 0 aromatic heterocycles. The summed E-state index contributed by atoms with van der Waals surface area (Å²) >= 11 is 0. The number of ether oxygens (including phenoxy) is 1. The first-order valence-corrected chi connectivity index (χ1v) is 13.5. The van der Waals surface area contributed by atoms with Crippen molar-refractivity contribution in [3.8, 4) is 5.75 Å². The smallest absolute Gasteiger partial charge is 0.255 e. The van der Waals surface area contributed by atoms with Crippen molar-refractivity contribution >= 4 is 28.9 Å². The van der Waals surface area contributed by atoms with Crippen LogP contribution in [0.3, 0.4) is 0 Å². The van der Waals surface area contributed by atoms with Gasteiger partial charge in [-0.3, -0.25) is 24.2 Å². The van der Waals surface area contributed by atoms with Crippen LogP contribution in [-0.2, 0) is 32.1 Å². The largest absolute Gasteiger partial charge is 0.508 e. The zero-order chi connectivity index (χ0) is 30.0. The van der Waals surface area contributed by atoms with Gasteiger partial charge < -0.3 is 30.7 Å². The molecule has 13 nitrogen and oxygen atoms in total. The number of likely N-dealkylation sites (N-methyl/N-ethyl adjacent to an activating group) is 1. The lowest BCUT2D eigenvalue weighted by Crippen LogP contribution is -2.64. The Hall–Kier alpha value is -3.81. The number of aliphatic hydroxyl groups excluding tert-OH is 2. The predicted octanol–water partition coefficient (Wildman–Crippen LogP) is 0.636. The van der Waals surface area contributed by atoms with E-state index in [1.807, 2.05) is 25.1 Å². The van der Waals surface area contributed by atoms with Gasteiger partial charge in [0.2, 0.25) is 11.3 Å². The van der Waals surface area contributed by atoms with Gasteiger partial charge in [0.05, 0.1) is 24.8 Å². The molecule has 13 heteroatoms. The average Bonchev–Trinajstić information content (AvgIpc) is 2.90. The lowest BCUT2D eigenvalue weighted by Gasteiger charge is -2.49. The first-order valence-electron chi connectivity index (χ1n) is 13.5. The third kappa shape index (κ3) is 4.13. The van der Waals surface area contributed by atoms with E-state index in [4.69, 9.17) is 10.5 Å². The summed E-state index contributed by atoms with van der Waals surface area (Å²) in [4.78, 5) is 57.8. The number of anilines is 1. The van der Waals surface area contributed by atoms with Gasteiger partial charge in [-0.25, -0.2) is 0 Å². The Morgan fingerprint density at radius 1 is 1.17 bits per heavy atom. The van der Waals surface area contributed by atoms with Crippen LogP contribution in [0.1, 0.15) is 23.1 Å². The van der Waals surface area contributed by atoms with Gasteiger partial charge in [-0.05, 0) is 49.7 Å². The highest BCUT2D eigenvalue weighted by Gasteiger charge is 2.66. The summed E-state index contributed by atoms with van der Waals surface area (Å²) in [6.07, 6.45) is 0.233. The molecule has 1 aromatic rings. The number of Topliss-reactive ketones (excluding diaryl/α,β-unsaturated/α-hetero) is 2. The highest BCUT2D eigenvalue weighted by molar-refractivity contribution is 6.25. The Kier molecular flexibility index (Phi) is 7.16. The number of amides is 1. The van der Waals surface area contributed by atoms with Gasteiger partial charge in [-0.2, -0.15) is 0 Å². The van der Waals surface area contributed by atoms with Crippen molar-refractivity contribution in [3.63, 3.8) is 0 Å². The van der Waals surface area contributed by atoms with E-state index >= 15 is 0 Å². The number of phenolic OH excluding ortho intramolecular Hbond substituents is 1. The molecular weight excluding hydrogens is 534 g/mol. The normalized spacial score (nSPS) is 28.4. The van der Waals surface area contributed by atoms with Crippen LogP contribution in [0.5, 0.6) is 5.75 Å². The topological polar surface area (TPSA) is 186 Å². The number of hydrogen-bond donors (Lipinski definition) is 4. The van der Waals surface area contributed by atoms with Gasteiger partial charge in [0, 0.05) is 56.5 Å². The number of benzene rings is 1. The zero-order valence-electron chi connectivity index (χ0n) is 23.5. The summed E-state index contributed by atoms with van der Waals surface area (Å²) in [6.45, 7) is 2.82. The van der Waals surface area contributed by atoms with Gasteiger partial charge in [-0.15, -0.1) is 4.91 Å². The first-order chi connectivity index (χ1) is 19.4. The molecule has 3 aliphatic carbocycles. The molecular formula is C28H35N5O8. The molecule has 1 heterocycles. The number of phenols is 1. The molecule has 5 rings (SSSR count). The maximum absolute atomic E-state index is 14.3. The molecule has 1 aliphatic heterocycles. The Balaban J connectivity index is 1.72. The van der Waals surface area contributed by atoms with Gasteiger partial charge >= 0.3 is 0 Å². The van der Waals surface area contributed by atoms with Crippen molar-refractivity contribution in [3.05, 3.63) is 44.6 Å². The number of nitrogens with zero attached hydrogens (tertiary/aromatic N) is 4. The zero-order valence-corrected chi connectivity index (χ0v) is 23.5. The molecule has 4 aliphatic rings. The lowest BCUT2D eigenvalue weighted by molar-refractivity contribution is -0.134. The molecule has 0 spiro atoms. The SMILES string of the molecule is CN(C)c1cc(CN2CCOCC2)c(O)c2c1C[C@H]1C[C@H]3[C@H](N(C)C)C(=O)C(C(N)=O)=C(O)[C@@]3(N=O)C(=O)C1=C2O. The van der Waals surface area contributed by atoms with Crippen molar-refractivity contribution in [2.24, 2.45) is 22.7 Å². The fourth-order valence-corrected chi connectivity index (χ4v) is 7.02. The summed E-state index contributed by atoms with van der Waals surface area (Å²) in [7, 11) is 6.79. The lowest BCUT2D eigenvalue weighted by atomic mass is 9.56. The summed E-state index contributed by atoms with van der Waals surface area (Å²) in [5.41, 5.74) is 3.81. The van der Waals surface area contributed by atoms with E-state index in [0.29, 0.717) is 44.0 Å². The maximum Gasteiger partial charge on any atom is 0.255 e. The fourth-order valence-electron chi connectivity index (χ4n) is 7.02. The molecule has 4 atom stereocenters. The number of carbonyl (C=O) groups is 3. The van der Waals surface area contributed by atoms with Crippen molar-refractivity contribution in [1.82, 2.24) is 9.80 Å². The average molecular weight is 570 g/mol. The number of ketones is 2. The quantitative estimate of drug-likeness (QED) is 0.278. The molecule has 5 N–H and O–H groups in total. The number of fused-ring (bicyclic) bond motifs is 3. The van der Waals surface area contributed by atoms with E-state index in [2.05, 4.69) is 10.1 Å².